The van der Waals surface area contributed by atoms with Crippen LogP contribution >= 0.6 is 0 Å². The molecule has 120 valence electrons. The lowest BCUT2D eigenvalue weighted by Crippen LogP contribution is -2.47. The number of hydrogen-bond acceptors (Lipinski definition) is 5. The number of rotatable bonds is 8. The molecule has 0 aromatic heterocycles. The first-order chi connectivity index (χ1) is 10.0. The van der Waals surface area contributed by atoms with Crippen molar-refractivity contribution in [1.29, 1.82) is 0 Å². The maximum Gasteiger partial charge on any atom is 0.315 e. The molecule has 1 saturated heterocycles. The predicted octanol–water partition coefficient (Wildman–Crippen LogP) is -1.46. The average Bonchev–Trinajstić information content (AvgIpc) is 2.87. The highest BCUT2D eigenvalue weighted by Gasteiger charge is 2.34. The number of carboxylic acids is 1. The van der Waals surface area contributed by atoms with E-state index < -0.39 is 24.0 Å². The summed E-state index contributed by atoms with van der Waals surface area (Å²) in [5.41, 5.74) is 0. The summed E-state index contributed by atoms with van der Waals surface area (Å²) in [5, 5.41) is 16.6. The Morgan fingerprint density at radius 1 is 1.24 bits per heavy atom. The molecular weight excluding hydrogens is 282 g/mol. The topological polar surface area (TPSA) is 126 Å². The van der Waals surface area contributed by atoms with Gasteiger partial charge in [-0.05, 0) is 0 Å². The van der Waals surface area contributed by atoms with Crippen LogP contribution in [0.5, 0.6) is 0 Å². The van der Waals surface area contributed by atoms with Gasteiger partial charge < -0.3 is 30.5 Å². The van der Waals surface area contributed by atoms with Crippen LogP contribution in [0.2, 0.25) is 0 Å². The first-order valence-electron chi connectivity index (χ1n) is 6.65. The van der Waals surface area contributed by atoms with Crippen LogP contribution in [0.3, 0.4) is 0 Å². The molecule has 1 aliphatic heterocycles. The average molecular weight is 303 g/mol. The second-order valence-electron chi connectivity index (χ2n) is 4.58. The van der Waals surface area contributed by atoms with Crippen molar-refractivity contribution in [3.63, 3.8) is 0 Å². The summed E-state index contributed by atoms with van der Waals surface area (Å²) >= 11 is 0. The van der Waals surface area contributed by atoms with Crippen LogP contribution in [0.25, 0.3) is 0 Å². The lowest BCUT2D eigenvalue weighted by molar-refractivity contribution is -0.142. The Hall–Kier alpha value is -1.87. The molecule has 1 heterocycles. The van der Waals surface area contributed by atoms with Crippen molar-refractivity contribution in [3.05, 3.63) is 0 Å². The van der Waals surface area contributed by atoms with Gasteiger partial charge in [0.2, 0.25) is 5.91 Å². The summed E-state index contributed by atoms with van der Waals surface area (Å²) in [4.78, 5) is 33.8. The summed E-state index contributed by atoms with van der Waals surface area (Å²) in [5.74, 6) is -1.94. The summed E-state index contributed by atoms with van der Waals surface area (Å²) in [7, 11) is 1.54. The number of carboxylic acid groups (broad SMARTS) is 1. The largest absolute Gasteiger partial charge is 0.481 e. The van der Waals surface area contributed by atoms with Gasteiger partial charge in [0, 0.05) is 26.6 Å². The minimum absolute atomic E-state index is 0.0855. The third kappa shape index (κ3) is 6.41. The molecule has 9 nitrogen and oxygen atoms in total. The zero-order valence-electron chi connectivity index (χ0n) is 11.9. The summed E-state index contributed by atoms with van der Waals surface area (Å²) in [6, 6.07) is -1.07. The number of aliphatic carboxylic acids is 1. The number of carbonyl (C=O) groups is 3. The normalized spacial score (nSPS) is 20.8. The fraction of sp³-hybridized carbons (Fsp3) is 0.750. The zero-order chi connectivity index (χ0) is 15.7. The van der Waals surface area contributed by atoms with Gasteiger partial charge >= 0.3 is 12.0 Å². The van der Waals surface area contributed by atoms with Crippen molar-refractivity contribution in [1.82, 2.24) is 16.0 Å². The molecule has 2 unspecified atom stereocenters. The fourth-order valence-electron chi connectivity index (χ4n) is 1.83. The van der Waals surface area contributed by atoms with Crippen LogP contribution in [-0.4, -0.2) is 69.1 Å². The number of amides is 3. The SMILES string of the molecule is COCCNC(=O)CCNC(=O)NC1COCC1C(=O)O. The van der Waals surface area contributed by atoms with Crippen molar-refractivity contribution in [2.75, 3.05) is 40.0 Å². The number of ether oxygens (including phenoxy) is 2. The molecule has 21 heavy (non-hydrogen) atoms. The highest BCUT2D eigenvalue weighted by Crippen LogP contribution is 2.13. The van der Waals surface area contributed by atoms with Gasteiger partial charge in [-0.25, -0.2) is 4.79 Å². The molecule has 9 heteroatoms. The minimum Gasteiger partial charge on any atom is -0.481 e. The Morgan fingerprint density at radius 3 is 2.67 bits per heavy atom. The zero-order valence-corrected chi connectivity index (χ0v) is 11.9. The van der Waals surface area contributed by atoms with Crippen molar-refractivity contribution in [2.45, 2.75) is 12.5 Å². The van der Waals surface area contributed by atoms with E-state index in [4.69, 9.17) is 14.6 Å². The monoisotopic (exact) mass is 303 g/mol. The molecule has 3 amide bonds. The van der Waals surface area contributed by atoms with Crippen molar-refractivity contribution in [2.24, 2.45) is 5.92 Å². The highest BCUT2D eigenvalue weighted by atomic mass is 16.5. The van der Waals surface area contributed by atoms with E-state index in [0.717, 1.165) is 0 Å². The van der Waals surface area contributed by atoms with Gasteiger partial charge in [0.05, 0.1) is 25.9 Å². The molecule has 0 bridgehead atoms. The van der Waals surface area contributed by atoms with E-state index in [9.17, 15) is 14.4 Å². The Bertz CT molecular complexity index is 376. The third-order valence-electron chi connectivity index (χ3n) is 2.98. The van der Waals surface area contributed by atoms with Gasteiger partial charge in [-0.2, -0.15) is 0 Å². The standard InChI is InChI=1S/C12H21N3O6/c1-20-5-4-13-10(16)2-3-14-12(19)15-9-7-21-6-8(9)11(17)18/h8-9H,2-7H2,1H3,(H,13,16)(H,17,18)(H2,14,15,19). The van der Waals surface area contributed by atoms with Crippen molar-refractivity contribution in [3.8, 4) is 0 Å². The van der Waals surface area contributed by atoms with Gasteiger partial charge in [-0.15, -0.1) is 0 Å². The summed E-state index contributed by atoms with van der Waals surface area (Å²) in [6.45, 7) is 1.26. The minimum atomic E-state index is -1.00. The van der Waals surface area contributed by atoms with Crippen LogP contribution in [0.1, 0.15) is 6.42 Å². The predicted molar refractivity (Wildman–Crippen MR) is 71.8 cm³/mol. The molecule has 0 aliphatic carbocycles. The lowest BCUT2D eigenvalue weighted by Gasteiger charge is -2.16. The highest BCUT2D eigenvalue weighted by molar-refractivity contribution is 5.79. The van der Waals surface area contributed by atoms with Crippen LogP contribution in [0.4, 0.5) is 4.79 Å². The van der Waals surface area contributed by atoms with Crippen LogP contribution in [0, 0.1) is 5.92 Å². The molecule has 0 aromatic rings. The Balaban J connectivity index is 2.16. The molecular formula is C12H21N3O6. The molecule has 1 aliphatic rings. The van der Waals surface area contributed by atoms with Gasteiger partial charge in [0.1, 0.15) is 5.92 Å². The van der Waals surface area contributed by atoms with Gasteiger partial charge in [0.15, 0.2) is 0 Å². The molecule has 0 aromatic carbocycles. The molecule has 0 spiro atoms. The van der Waals surface area contributed by atoms with E-state index in [1.54, 1.807) is 0 Å². The Morgan fingerprint density at radius 2 is 2.00 bits per heavy atom. The van der Waals surface area contributed by atoms with Gasteiger partial charge in [-0.1, -0.05) is 0 Å². The number of hydrogen-bond donors (Lipinski definition) is 4. The first-order valence-corrected chi connectivity index (χ1v) is 6.65. The first kappa shape index (κ1) is 17.2. The van der Waals surface area contributed by atoms with Crippen LogP contribution < -0.4 is 16.0 Å². The van der Waals surface area contributed by atoms with E-state index in [1.165, 1.54) is 7.11 Å². The number of urea groups is 1. The molecule has 1 fully saturated rings. The molecule has 2 atom stereocenters. The van der Waals surface area contributed by atoms with E-state index >= 15 is 0 Å². The van der Waals surface area contributed by atoms with E-state index in [2.05, 4.69) is 16.0 Å². The lowest BCUT2D eigenvalue weighted by atomic mass is 10.0. The van der Waals surface area contributed by atoms with Gasteiger partial charge in [-0.3, -0.25) is 9.59 Å². The second-order valence-corrected chi connectivity index (χ2v) is 4.58. The number of nitrogens with one attached hydrogen (secondary N) is 3. The maximum absolute atomic E-state index is 11.6. The molecule has 0 saturated carbocycles. The van der Waals surface area contributed by atoms with E-state index in [0.29, 0.717) is 13.2 Å². The molecule has 4 N–H and O–H groups in total. The third-order valence-corrected chi connectivity index (χ3v) is 2.98. The van der Waals surface area contributed by atoms with Gasteiger partial charge in [0.25, 0.3) is 0 Å². The summed E-state index contributed by atoms with van der Waals surface area (Å²) in [6.07, 6.45) is 0.140. The molecule has 1 rings (SSSR count). The maximum atomic E-state index is 11.6. The Kier molecular flexibility index (Phi) is 7.48. The molecule has 0 radical (unpaired) electrons. The number of methoxy groups -OCH3 is 1. The quantitative estimate of drug-likeness (QED) is 0.406. The van der Waals surface area contributed by atoms with Crippen molar-refractivity contribution >= 4 is 17.9 Å². The smallest absolute Gasteiger partial charge is 0.315 e. The van der Waals surface area contributed by atoms with E-state index in [-0.39, 0.29) is 32.1 Å². The summed E-state index contributed by atoms with van der Waals surface area (Å²) < 4.78 is 9.81. The van der Waals surface area contributed by atoms with Crippen LogP contribution in [-0.2, 0) is 19.1 Å². The Labute approximate surface area is 122 Å². The van der Waals surface area contributed by atoms with Crippen molar-refractivity contribution < 1.29 is 29.0 Å². The van der Waals surface area contributed by atoms with Crippen LogP contribution in [0.15, 0.2) is 0 Å². The number of carbonyl (C=O) groups excluding carboxylic acids is 2. The van der Waals surface area contributed by atoms with E-state index in [1.807, 2.05) is 0 Å². The second kappa shape index (κ2) is 9.14. The fourth-order valence-corrected chi connectivity index (χ4v) is 1.83.